The quantitative estimate of drug-likeness (QED) is 0.189. The Balaban J connectivity index is 0.00000512. The lowest BCUT2D eigenvalue weighted by Gasteiger charge is -2.26. The largest absolute Gasteiger partial charge is 0.379 e. The molecule has 8 heteroatoms. The fourth-order valence-electron chi connectivity index (χ4n) is 3.37. The Bertz CT molecular complexity index is 673. The number of ether oxygens (including phenoxy) is 1. The van der Waals surface area contributed by atoms with E-state index in [9.17, 15) is 4.79 Å². The Labute approximate surface area is 211 Å². The molecule has 182 valence electrons. The Morgan fingerprint density at radius 3 is 2.31 bits per heavy atom. The molecule has 2 N–H and O–H groups in total. The van der Waals surface area contributed by atoms with Crippen molar-refractivity contribution in [3.8, 4) is 0 Å². The van der Waals surface area contributed by atoms with E-state index in [0.717, 1.165) is 65.2 Å². The maximum absolute atomic E-state index is 11.9. The summed E-state index contributed by atoms with van der Waals surface area (Å²) in [7, 11) is 3.51. The molecule has 7 nitrogen and oxygen atoms in total. The molecule has 1 heterocycles. The maximum atomic E-state index is 11.9. The summed E-state index contributed by atoms with van der Waals surface area (Å²) >= 11 is 0. The number of nitrogens with one attached hydrogen (secondary N) is 2. The third kappa shape index (κ3) is 11.5. The van der Waals surface area contributed by atoms with Crippen molar-refractivity contribution in [3.05, 3.63) is 35.4 Å². The molecule has 1 saturated heterocycles. The summed E-state index contributed by atoms with van der Waals surface area (Å²) in [4.78, 5) is 20.4. The average Bonchev–Trinajstić information content (AvgIpc) is 2.77. The Hall–Kier alpha value is -1.39. The summed E-state index contributed by atoms with van der Waals surface area (Å²) in [5.41, 5.74) is 2.73. The molecular formula is C24H42IN5O2. The molecule has 0 radical (unpaired) electrons. The third-order valence-corrected chi connectivity index (χ3v) is 5.50. The topological polar surface area (TPSA) is 69.2 Å². The van der Waals surface area contributed by atoms with Gasteiger partial charge in [-0.2, -0.15) is 0 Å². The first-order valence-corrected chi connectivity index (χ1v) is 11.6. The molecule has 0 unspecified atom stereocenters. The first kappa shape index (κ1) is 28.6. The highest BCUT2D eigenvalue weighted by molar-refractivity contribution is 14.0. The number of benzene rings is 1. The number of aliphatic imine (C=N–C) groups is 1. The van der Waals surface area contributed by atoms with Crippen LogP contribution in [0.1, 0.15) is 43.7 Å². The summed E-state index contributed by atoms with van der Waals surface area (Å²) in [5, 5.41) is 6.77. The van der Waals surface area contributed by atoms with Crippen LogP contribution in [0.25, 0.3) is 0 Å². The smallest absolute Gasteiger partial charge is 0.243 e. The highest BCUT2D eigenvalue weighted by Gasteiger charge is 2.10. The number of hydrogen-bond acceptors (Lipinski definition) is 4. The molecule has 0 spiro atoms. The molecule has 0 aromatic heterocycles. The van der Waals surface area contributed by atoms with E-state index in [2.05, 4.69) is 58.6 Å². The Kier molecular flexibility index (Phi) is 14.6. The lowest BCUT2D eigenvalue weighted by atomic mass is 10.0. The van der Waals surface area contributed by atoms with Crippen molar-refractivity contribution < 1.29 is 9.53 Å². The van der Waals surface area contributed by atoms with Crippen LogP contribution in [-0.2, 0) is 16.0 Å². The van der Waals surface area contributed by atoms with E-state index < -0.39 is 0 Å². The molecule has 32 heavy (non-hydrogen) atoms. The minimum Gasteiger partial charge on any atom is -0.379 e. The zero-order valence-corrected chi connectivity index (χ0v) is 22.6. The monoisotopic (exact) mass is 559 g/mol. The minimum atomic E-state index is -0.000316. The van der Waals surface area contributed by atoms with Gasteiger partial charge in [-0.25, -0.2) is 4.99 Å². The van der Waals surface area contributed by atoms with Gasteiger partial charge in [0, 0.05) is 40.3 Å². The summed E-state index contributed by atoms with van der Waals surface area (Å²) in [6, 6.07) is 8.90. The molecule has 1 fully saturated rings. The summed E-state index contributed by atoms with van der Waals surface area (Å²) < 4.78 is 5.40. The molecule has 1 amide bonds. The van der Waals surface area contributed by atoms with Crippen molar-refractivity contribution in [1.29, 1.82) is 0 Å². The number of hydrogen-bond donors (Lipinski definition) is 2. The van der Waals surface area contributed by atoms with E-state index in [0.29, 0.717) is 11.9 Å². The molecule has 0 saturated carbocycles. The van der Waals surface area contributed by atoms with E-state index in [1.54, 1.807) is 19.0 Å². The number of guanidine groups is 1. The molecule has 1 aliphatic rings. The van der Waals surface area contributed by atoms with E-state index in [1.165, 1.54) is 11.1 Å². The summed E-state index contributed by atoms with van der Waals surface area (Å²) in [6.07, 6.45) is 3.06. The molecule has 1 aromatic carbocycles. The Morgan fingerprint density at radius 2 is 1.72 bits per heavy atom. The number of rotatable bonds is 11. The number of carbonyl (C=O) groups is 1. The van der Waals surface area contributed by atoms with Crippen molar-refractivity contribution in [2.75, 3.05) is 66.6 Å². The molecular weight excluding hydrogens is 517 g/mol. The lowest BCUT2D eigenvalue weighted by Crippen LogP contribution is -2.41. The van der Waals surface area contributed by atoms with Gasteiger partial charge in [0.2, 0.25) is 5.91 Å². The molecule has 1 aromatic rings. The van der Waals surface area contributed by atoms with Crippen LogP contribution in [0, 0.1) is 0 Å². The minimum absolute atomic E-state index is 0. The lowest BCUT2D eigenvalue weighted by molar-refractivity contribution is -0.127. The van der Waals surface area contributed by atoms with Crippen molar-refractivity contribution in [1.82, 2.24) is 20.4 Å². The van der Waals surface area contributed by atoms with Crippen LogP contribution in [0.15, 0.2) is 29.3 Å². The SMILES string of the molecule is CC(C)c1ccc(CCCNC(=NCC(=O)N(C)C)NCCCN2CCOCC2)cc1.I. The van der Waals surface area contributed by atoms with Gasteiger partial charge in [-0.05, 0) is 42.9 Å². The Morgan fingerprint density at radius 1 is 1.09 bits per heavy atom. The second-order valence-corrected chi connectivity index (χ2v) is 8.61. The zero-order chi connectivity index (χ0) is 22.5. The van der Waals surface area contributed by atoms with E-state index in [1.807, 2.05) is 0 Å². The standard InChI is InChI=1S/C24H41N5O2.HI/c1-20(2)22-10-8-21(9-11-22)7-5-12-25-24(27-19-23(30)28(3)4)26-13-6-14-29-15-17-31-18-16-29;/h8-11,20H,5-7,12-19H2,1-4H3,(H2,25,26,27);1H. The predicted molar refractivity (Wildman–Crippen MR) is 143 cm³/mol. The summed E-state index contributed by atoms with van der Waals surface area (Å²) in [6.45, 7) is 11.0. The second-order valence-electron chi connectivity index (χ2n) is 8.61. The van der Waals surface area contributed by atoms with Gasteiger partial charge in [-0.3, -0.25) is 9.69 Å². The fourth-order valence-corrected chi connectivity index (χ4v) is 3.37. The van der Waals surface area contributed by atoms with Crippen LogP contribution in [0.3, 0.4) is 0 Å². The highest BCUT2D eigenvalue weighted by atomic mass is 127. The first-order chi connectivity index (χ1) is 15.0. The van der Waals surface area contributed by atoms with Gasteiger partial charge in [0.05, 0.1) is 13.2 Å². The number of morpholine rings is 1. The molecule has 0 atom stereocenters. The molecule has 0 aliphatic carbocycles. The number of likely N-dealkylation sites (N-methyl/N-ethyl adjacent to an activating group) is 1. The molecule has 2 rings (SSSR count). The average molecular weight is 560 g/mol. The fraction of sp³-hybridized carbons (Fsp3) is 0.667. The molecule has 1 aliphatic heterocycles. The van der Waals surface area contributed by atoms with Gasteiger partial charge in [0.15, 0.2) is 5.96 Å². The van der Waals surface area contributed by atoms with Crippen LogP contribution in [-0.4, -0.2) is 88.2 Å². The van der Waals surface area contributed by atoms with Gasteiger partial charge < -0.3 is 20.3 Å². The number of amides is 1. The van der Waals surface area contributed by atoms with Crippen molar-refractivity contribution in [2.24, 2.45) is 4.99 Å². The van der Waals surface area contributed by atoms with E-state index in [-0.39, 0.29) is 36.4 Å². The number of halogens is 1. The van der Waals surface area contributed by atoms with Gasteiger partial charge >= 0.3 is 0 Å². The first-order valence-electron chi connectivity index (χ1n) is 11.6. The summed E-state index contributed by atoms with van der Waals surface area (Å²) in [5.74, 6) is 1.28. The number of aryl methyl sites for hydroxylation is 1. The number of nitrogens with zero attached hydrogens (tertiary/aromatic N) is 3. The molecule has 0 bridgehead atoms. The maximum Gasteiger partial charge on any atom is 0.243 e. The van der Waals surface area contributed by atoms with Gasteiger partial charge in [0.1, 0.15) is 6.54 Å². The van der Waals surface area contributed by atoms with Crippen LogP contribution < -0.4 is 10.6 Å². The third-order valence-electron chi connectivity index (χ3n) is 5.50. The van der Waals surface area contributed by atoms with Crippen LogP contribution in [0.2, 0.25) is 0 Å². The van der Waals surface area contributed by atoms with Crippen molar-refractivity contribution in [3.63, 3.8) is 0 Å². The van der Waals surface area contributed by atoms with E-state index in [4.69, 9.17) is 4.74 Å². The van der Waals surface area contributed by atoms with Crippen molar-refractivity contribution >= 4 is 35.8 Å². The highest BCUT2D eigenvalue weighted by Crippen LogP contribution is 2.15. The normalized spacial score (nSPS) is 14.7. The van der Waals surface area contributed by atoms with Gasteiger partial charge in [-0.1, -0.05) is 38.1 Å². The second kappa shape index (κ2) is 16.3. The zero-order valence-electron chi connectivity index (χ0n) is 20.2. The predicted octanol–water partition coefficient (Wildman–Crippen LogP) is 2.71. The van der Waals surface area contributed by atoms with Gasteiger partial charge in [0.25, 0.3) is 0 Å². The van der Waals surface area contributed by atoms with Crippen LogP contribution in [0.4, 0.5) is 0 Å². The van der Waals surface area contributed by atoms with E-state index >= 15 is 0 Å². The van der Waals surface area contributed by atoms with Crippen LogP contribution in [0.5, 0.6) is 0 Å². The van der Waals surface area contributed by atoms with Gasteiger partial charge in [-0.15, -0.1) is 24.0 Å². The van der Waals surface area contributed by atoms with Crippen molar-refractivity contribution in [2.45, 2.75) is 39.0 Å². The number of carbonyl (C=O) groups excluding carboxylic acids is 1. The van der Waals surface area contributed by atoms with Crippen LogP contribution >= 0.6 is 24.0 Å².